The van der Waals surface area contributed by atoms with Crippen molar-refractivity contribution in [2.75, 3.05) is 0 Å². The van der Waals surface area contributed by atoms with Crippen molar-refractivity contribution in [1.29, 1.82) is 0 Å². The maximum atomic E-state index is 11.7. The molecule has 0 aliphatic heterocycles. The summed E-state index contributed by atoms with van der Waals surface area (Å²) >= 11 is 0. The van der Waals surface area contributed by atoms with Crippen molar-refractivity contribution < 1.29 is 14.3 Å². The molecule has 4 N–H and O–H groups in total. The third-order valence-electron chi connectivity index (χ3n) is 6.05. The summed E-state index contributed by atoms with van der Waals surface area (Å²) in [5, 5.41) is 0.882. The van der Waals surface area contributed by atoms with Crippen molar-refractivity contribution in [1.82, 2.24) is 9.97 Å². The molecule has 1 aliphatic carbocycles. The summed E-state index contributed by atoms with van der Waals surface area (Å²) in [6.07, 6.45) is 5.60. The SMILES string of the molecule is NC(=O)C1(C(N)=O)CC1c1ccc(Oc2ccnc3cc(-c4cccnc4)ccc23)cc1. The van der Waals surface area contributed by atoms with Crippen LogP contribution in [0.4, 0.5) is 0 Å². The van der Waals surface area contributed by atoms with Crippen LogP contribution in [0.2, 0.25) is 0 Å². The quantitative estimate of drug-likeness (QED) is 0.459. The van der Waals surface area contributed by atoms with E-state index in [0.717, 1.165) is 27.6 Å². The first-order chi connectivity index (χ1) is 15.5. The van der Waals surface area contributed by atoms with Gasteiger partial charge in [0.2, 0.25) is 11.8 Å². The average Bonchev–Trinajstić information content (AvgIpc) is 3.58. The number of primary amides is 2. The van der Waals surface area contributed by atoms with Gasteiger partial charge in [-0.05, 0) is 53.9 Å². The number of pyridine rings is 2. The van der Waals surface area contributed by atoms with Gasteiger partial charge in [0.25, 0.3) is 0 Å². The molecular weight excluding hydrogens is 404 g/mol. The van der Waals surface area contributed by atoms with Gasteiger partial charge in [-0.15, -0.1) is 0 Å². The molecule has 0 spiro atoms. The molecule has 1 unspecified atom stereocenters. The van der Waals surface area contributed by atoms with Gasteiger partial charge in [0.15, 0.2) is 0 Å². The second-order valence-electron chi connectivity index (χ2n) is 7.91. The Hall–Kier alpha value is -4.26. The summed E-state index contributed by atoms with van der Waals surface area (Å²) < 4.78 is 6.10. The summed E-state index contributed by atoms with van der Waals surface area (Å²) in [7, 11) is 0. The molecule has 5 rings (SSSR count). The highest BCUT2D eigenvalue weighted by molar-refractivity contribution is 6.08. The van der Waals surface area contributed by atoms with E-state index in [1.54, 1.807) is 24.5 Å². The van der Waals surface area contributed by atoms with E-state index < -0.39 is 17.2 Å². The zero-order chi connectivity index (χ0) is 22.3. The Balaban J connectivity index is 1.39. The van der Waals surface area contributed by atoms with Crippen LogP contribution in [0.3, 0.4) is 0 Å². The zero-order valence-corrected chi connectivity index (χ0v) is 17.1. The van der Waals surface area contributed by atoms with E-state index in [4.69, 9.17) is 16.2 Å². The highest BCUT2D eigenvalue weighted by Crippen LogP contribution is 2.59. The van der Waals surface area contributed by atoms with E-state index in [1.165, 1.54) is 0 Å². The smallest absolute Gasteiger partial charge is 0.233 e. The van der Waals surface area contributed by atoms with Crippen molar-refractivity contribution in [3.8, 4) is 22.6 Å². The fourth-order valence-corrected chi connectivity index (χ4v) is 4.15. The number of hydrogen-bond acceptors (Lipinski definition) is 5. The Morgan fingerprint density at radius 2 is 1.72 bits per heavy atom. The molecule has 2 heterocycles. The number of benzene rings is 2. The van der Waals surface area contributed by atoms with Gasteiger partial charge in [-0.2, -0.15) is 0 Å². The van der Waals surface area contributed by atoms with Gasteiger partial charge in [0.05, 0.1) is 5.52 Å². The molecule has 2 amide bonds. The van der Waals surface area contributed by atoms with Crippen molar-refractivity contribution in [2.24, 2.45) is 16.9 Å². The molecule has 0 bridgehead atoms. The van der Waals surface area contributed by atoms with E-state index >= 15 is 0 Å². The Bertz CT molecular complexity index is 1320. The zero-order valence-electron chi connectivity index (χ0n) is 17.1. The number of fused-ring (bicyclic) bond motifs is 1. The minimum absolute atomic E-state index is 0.292. The van der Waals surface area contributed by atoms with Gasteiger partial charge in [0.1, 0.15) is 16.9 Å². The van der Waals surface area contributed by atoms with Crippen LogP contribution in [-0.2, 0) is 9.59 Å². The van der Waals surface area contributed by atoms with Crippen molar-refractivity contribution in [2.45, 2.75) is 12.3 Å². The van der Waals surface area contributed by atoms with Crippen LogP contribution >= 0.6 is 0 Å². The number of aromatic nitrogens is 2. The van der Waals surface area contributed by atoms with Crippen molar-refractivity contribution in [3.05, 3.63) is 84.8 Å². The number of ether oxygens (including phenoxy) is 1. The predicted octanol–water partition coefficient (Wildman–Crippen LogP) is 3.53. The van der Waals surface area contributed by atoms with Crippen molar-refractivity contribution in [3.63, 3.8) is 0 Å². The minimum Gasteiger partial charge on any atom is -0.457 e. The summed E-state index contributed by atoms with van der Waals surface area (Å²) in [4.78, 5) is 32.1. The molecule has 2 aromatic heterocycles. The monoisotopic (exact) mass is 424 g/mol. The Morgan fingerprint density at radius 1 is 0.938 bits per heavy atom. The number of amides is 2. The summed E-state index contributed by atoms with van der Waals surface area (Å²) in [5.74, 6) is -0.342. The van der Waals surface area contributed by atoms with Crippen LogP contribution in [0, 0.1) is 5.41 Å². The van der Waals surface area contributed by atoms with Gasteiger partial charge in [-0.1, -0.05) is 24.3 Å². The number of rotatable bonds is 6. The molecule has 0 radical (unpaired) electrons. The van der Waals surface area contributed by atoms with Gasteiger partial charge < -0.3 is 16.2 Å². The molecule has 7 nitrogen and oxygen atoms in total. The molecule has 158 valence electrons. The topological polar surface area (TPSA) is 121 Å². The largest absolute Gasteiger partial charge is 0.457 e. The van der Waals surface area contributed by atoms with E-state index in [2.05, 4.69) is 9.97 Å². The lowest BCUT2D eigenvalue weighted by Crippen LogP contribution is -2.38. The van der Waals surface area contributed by atoms with Gasteiger partial charge in [-0.3, -0.25) is 19.6 Å². The molecule has 7 heteroatoms. The molecule has 32 heavy (non-hydrogen) atoms. The van der Waals surface area contributed by atoms with E-state index in [1.807, 2.05) is 54.7 Å². The molecule has 1 aliphatic rings. The molecule has 1 atom stereocenters. The third-order valence-corrected chi connectivity index (χ3v) is 6.05. The predicted molar refractivity (Wildman–Crippen MR) is 120 cm³/mol. The molecular formula is C25H20N4O3. The first-order valence-corrected chi connectivity index (χ1v) is 10.2. The lowest BCUT2D eigenvalue weighted by Gasteiger charge is -2.11. The fraction of sp³-hybridized carbons (Fsp3) is 0.120. The van der Waals surface area contributed by atoms with Gasteiger partial charge >= 0.3 is 0 Å². The lowest BCUT2D eigenvalue weighted by molar-refractivity contribution is -0.133. The third kappa shape index (κ3) is 3.24. The van der Waals surface area contributed by atoms with E-state index in [0.29, 0.717) is 17.9 Å². The summed E-state index contributed by atoms with van der Waals surface area (Å²) in [6.45, 7) is 0. The molecule has 1 saturated carbocycles. The average molecular weight is 424 g/mol. The van der Waals surface area contributed by atoms with Crippen LogP contribution in [0.1, 0.15) is 17.9 Å². The lowest BCUT2D eigenvalue weighted by atomic mass is 9.97. The normalized spacial score (nSPS) is 16.4. The van der Waals surface area contributed by atoms with E-state index in [-0.39, 0.29) is 5.92 Å². The first-order valence-electron chi connectivity index (χ1n) is 10.2. The maximum absolute atomic E-state index is 11.7. The number of carbonyl (C=O) groups is 2. The number of hydrogen-bond donors (Lipinski definition) is 2. The fourth-order valence-electron chi connectivity index (χ4n) is 4.15. The molecule has 2 aromatic carbocycles. The van der Waals surface area contributed by atoms with Crippen LogP contribution in [0.15, 0.2) is 79.3 Å². The highest BCUT2D eigenvalue weighted by Gasteiger charge is 2.64. The Kier molecular flexibility index (Phi) is 4.59. The second kappa shape index (κ2) is 7.46. The Morgan fingerprint density at radius 3 is 2.38 bits per heavy atom. The second-order valence-corrected chi connectivity index (χ2v) is 7.91. The van der Waals surface area contributed by atoms with Crippen LogP contribution in [-0.4, -0.2) is 21.8 Å². The van der Waals surface area contributed by atoms with Gasteiger partial charge in [-0.25, -0.2) is 0 Å². The van der Waals surface area contributed by atoms with Crippen LogP contribution < -0.4 is 16.2 Å². The standard InChI is InChI=1S/C25H20N4O3/c26-23(30)25(24(27)31)13-20(25)15-3-6-18(7-4-15)32-22-9-11-29-21-12-16(5-8-19(21)22)17-2-1-10-28-14-17/h1-12,14,20H,13H2,(H2,26,30)(H2,27,31). The molecule has 4 aromatic rings. The van der Waals surface area contributed by atoms with Crippen LogP contribution in [0.5, 0.6) is 11.5 Å². The van der Waals surface area contributed by atoms with Gasteiger partial charge in [0, 0.05) is 35.5 Å². The number of carbonyl (C=O) groups excluding carboxylic acids is 2. The molecule has 1 fully saturated rings. The van der Waals surface area contributed by atoms with Crippen LogP contribution in [0.25, 0.3) is 22.0 Å². The Labute approximate surface area is 184 Å². The van der Waals surface area contributed by atoms with E-state index in [9.17, 15) is 9.59 Å². The highest BCUT2D eigenvalue weighted by atomic mass is 16.5. The first kappa shape index (κ1) is 19.7. The minimum atomic E-state index is -1.28. The number of nitrogens with two attached hydrogens (primary N) is 2. The maximum Gasteiger partial charge on any atom is 0.233 e. The number of nitrogens with zero attached hydrogens (tertiary/aromatic N) is 2. The van der Waals surface area contributed by atoms with Crippen molar-refractivity contribution >= 4 is 22.7 Å². The summed E-state index contributed by atoms with van der Waals surface area (Å²) in [5.41, 5.74) is 13.2. The molecule has 0 saturated heterocycles. The summed E-state index contributed by atoms with van der Waals surface area (Å²) in [6, 6.07) is 19.0.